The van der Waals surface area contributed by atoms with Gasteiger partial charge in [0.25, 0.3) is 0 Å². The van der Waals surface area contributed by atoms with E-state index >= 15 is 0 Å². The minimum absolute atomic E-state index is 0.0160. The lowest BCUT2D eigenvalue weighted by Gasteiger charge is -2.36. The zero-order valence-electron chi connectivity index (χ0n) is 14.0. The Morgan fingerprint density at radius 2 is 1.96 bits per heavy atom. The molecule has 1 unspecified atom stereocenters. The Morgan fingerprint density at radius 3 is 2.54 bits per heavy atom. The SMILES string of the molecule is CCN(CCC(=O)O)C(=O)C(c1ccccc1)N1CCCCC1=O. The van der Waals surface area contributed by atoms with Gasteiger partial charge in [0, 0.05) is 26.1 Å². The summed E-state index contributed by atoms with van der Waals surface area (Å²) in [4.78, 5) is 39.4. The molecule has 0 aliphatic carbocycles. The number of nitrogens with zero attached hydrogens (tertiary/aromatic N) is 2. The Bertz CT molecular complexity index is 588. The highest BCUT2D eigenvalue weighted by Gasteiger charge is 2.34. The largest absolute Gasteiger partial charge is 0.481 e. The maximum absolute atomic E-state index is 13.1. The smallest absolute Gasteiger partial charge is 0.305 e. The average Bonchev–Trinajstić information content (AvgIpc) is 2.58. The Morgan fingerprint density at radius 1 is 1.25 bits per heavy atom. The first-order valence-electron chi connectivity index (χ1n) is 8.39. The van der Waals surface area contributed by atoms with Crippen LogP contribution in [0.1, 0.15) is 44.2 Å². The molecule has 1 atom stereocenters. The fraction of sp³-hybridized carbons (Fsp3) is 0.500. The number of likely N-dealkylation sites (tertiary alicyclic amines) is 1. The summed E-state index contributed by atoms with van der Waals surface area (Å²) in [6.07, 6.45) is 2.08. The van der Waals surface area contributed by atoms with Crippen LogP contribution in [0.5, 0.6) is 0 Å². The van der Waals surface area contributed by atoms with Crippen LogP contribution in [0.4, 0.5) is 0 Å². The van der Waals surface area contributed by atoms with E-state index in [-0.39, 0.29) is 24.8 Å². The minimum Gasteiger partial charge on any atom is -0.481 e. The number of amides is 2. The first kappa shape index (κ1) is 18.0. The number of carbonyl (C=O) groups excluding carboxylic acids is 2. The molecule has 0 aromatic heterocycles. The maximum Gasteiger partial charge on any atom is 0.305 e. The number of piperidine rings is 1. The quantitative estimate of drug-likeness (QED) is 0.829. The number of rotatable bonds is 7. The molecule has 1 heterocycles. The molecular formula is C18H24N2O4. The Hall–Kier alpha value is -2.37. The fourth-order valence-electron chi connectivity index (χ4n) is 3.02. The lowest BCUT2D eigenvalue weighted by atomic mass is 10.00. The first-order valence-corrected chi connectivity index (χ1v) is 8.39. The van der Waals surface area contributed by atoms with E-state index in [0.717, 1.165) is 18.4 Å². The average molecular weight is 332 g/mol. The van der Waals surface area contributed by atoms with Gasteiger partial charge in [0.2, 0.25) is 11.8 Å². The van der Waals surface area contributed by atoms with Crippen molar-refractivity contribution in [3.63, 3.8) is 0 Å². The molecule has 6 heteroatoms. The monoisotopic (exact) mass is 332 g/mol. The molecular weight excluding hydrogens is 308 g/mol. The number of carboxylic acid groups (broad SMARTS) is 1. The van der Waals surface area contributed by atoms with E-state index in [2.05, 4.69) is 0 Å². The second kappa shape index (κ2) is 8.47. The van der Waals surface area contributed by atoms with Crippen LogP contribution in [0.3, 0.4) is 0 Å². The van der Waals surface area contributed by atoms with Gasteiger partial charge >= 0.3 is 5.97 Å². The van der Waals surface area contributed by atoms with Crippen molar-refractivity contribution in [2.75, 3.05) is 19.6 Å². The normalized spacial score (nSPS) is 15.9. The van der Waals surface area contributed by atoms with E-state index in [9.17, 15) is 14.4 Å². The van der Waals surface area contributed by atoms with Crippen LogP contribution in [0.15, 0.2) is 30.3 Å². The Kier molecular flexibility index (Phi) is 6.35. The van der Waals surface area contributed by atoms with Gasteiger partial charge in [-0.15, -0.1) is 0 Å². The number of hydrogen-bond acceptors (Lipinski definition) is 3. The van der Waals surface area contributed by atoms with Crippen molar-refractivity contribution < 1.29 is 19.5 Å². The molecule has 130 valence electrons. The molecule has 24 heavy (non-hydrogen) atoms. The van der Waals surface area contributed by atoms with E-state index in [4.69, 9.17) is 5.11 Å². The second-order valence-electron chi connectivity index (χ2n) is 5.92. The van der Waals surface area contributed by atoms with Crippen LogP contribution in [0, 0.1) is 0 Å². The molecule has 1 fully saturated rings. The maximum atomic E-state index is 13.1. The van der Waals surface area contributed by atoms with E-state index < -0.39 is 12.0 Å². The predicted molar refractivity (Wildman–Crippen MR) is 89.3 cm³/mol. The lowest BCUT2D eigenvalue weighted by molar-refractivity contribution is -0.148. The summed E-state index contributed by atoms with van der Waals surface area (Å²) in [5, 5.41) is 8.88. The third kappa shape index (κ3) is 4.34. The number of hydrogen-bond donors (Lipinski definition) is 1. The van der Waals surface area contributed by atoms with Gasteiger partial charge in [-0.05, 0) is 25.3 Å². The zero-order chi connectivity index (χ0) is 17.5. The highest BCUT2D eigenvalue weighted by atomic mass is 16.4. The molecule has 0 radical (unpaired) electrons. The van der Waals surface area contributed by atoms with Crippen molar-refractivity contribution in [2.45, 2.75) is 38.6 Å². The summed E-state index contributed by atoms with van der Waals surface area (Å²) in [5.74, 6) is -1.16. The van der Waals surface area contributed by atoms with Gasteiger partial charge in [0.1, 0.15) is 6.04 Å². The van der Waals surface area contributed by atoms with E-state index in [1.165, 1.54) is 4.90 Å². The molecule has 2 amide bonds. The highest BCUT2D eigenvalue weighted by molar-refractivity contribution is 5.89. The van der Waals surface area contributed by atoms with Crippen molar-refractivity contribution in [3.05, 3.63) is 35.9 Å². The molecule has 1 aromatic carbocycles. The topological polar surface area (TPSA) is 77.9 Å². The molecule has 2 rings (SSSR count). The van der Waals surface area contributed by atoms with E-state index in [0.29, 0.717) is 19.5 Å². The molecule has 0 spiro atoms. The third-order valence-corrected chi connectivity index (χ3v) is 4.31. The fourth-order valence-corrected chi connectivity index (χ4v) is 3.02. The molecule has 1 aliphatic heterocycles. The van der Waals surface area contributed by atoms with Gasteiger partial charge in [-0.2, -0.15) is 0 Å². The van der Waals surface area contributed by atoms with E-state index in [1.54, 1.807) is 4.90 Å². The summed E-state index contributed by atoms with van der Waals surface area (Å²) in [5.41, 5.74) is 0.770. The number of benzene rings is 1. The standard InChI is InChI=1S/C18H24N2O4/c1-2-19(13-11-16(22)23)18(24)17(14-8-4-3-5-9-14)20-12-7-6-10-15(20)21/h3-5,8-9,17H,2,6-7,10-13H2,1H3,(H,22,23). The van der Waals surface area contributed by atoms with Gasteiger partial charge in [-0.25, -0.2) is 0 Å². The summed E-state index contributed by atoms with van der Waals surface area (Å²) in [6, 6.07) is 8.57. The van der Waals surface area contributed by atoms with Gasteiger partial charge in [0.05, 0.1) is 6.42 Å². The predicted octanol–water partition coefficient (Wildman–Crippen LogP) is 2.06. The Balaban J connectivity index is 2.28. The van der Waals surface area contributed by atoms with Crippen LogP contribution >= 0.6 is 0 Å². The van der Waals surface area contributed by atoms with Crippen LogP contribution in [0.25, 0.3) is 0 Å². The molecule has 0 bridgehead atoms. The van der Waals surface area contributed by atoms with Gasteiger partial charge in [-0.3, -0.25) is 14.4 Å². The summed E-state index contributed by atoms with van der Waals surface area (Å²) in [7, 11) is 0. The molecule has 0 saturated carbocycles. The molecule has 6 nitrogen and oxygen atoms in total. The third-order valence-electron chi connectivity index (χ3n) is 4.31. The van der Waals surface area contributed by atoms with Crippen molar-refractivity contribution in [3.8, 4) is 0 Å². The number of aliphatic carboxylic acids is 1. The number of carbonyl (C=O) groups is 3. The summed E-state index contributed by atoms with van der Waals surface area (Å²) >= 11 is 0. The van der Waals surface area contributed by atoms with Crippen molar-refractivity contribution >= 4 is 17.8 Å². The van der Waals surface area contributed by atoms with Crippen molar-refractivity contribution in [2.24, 2.45) is 0 Å². The van der Waals surface area contributed by atoms with Gasteiger partial charge in [0.15, 0.2) is 0 Å². The molecule has 1 saturated heterocycles. The molecule has 1 N–H and O–H groups in total. The second-order valence-corrected chi connectivity index (χ2v) is 5.92. The van der Waals surface area contributed by atoms with Crippen LogP contribution in [-0.4, -0.2) is 52.3 Å². The van der Waals surface area contributed by atoms with Crippen molar-refractivity contribution in [1.29, 1.82) is 0 Å². The number of likely N-dealkylation sites (N-methyl/N-ethyl adjacent to an activating group) is 1. The molecule has 1 aliphatic rings. The van der Waals surface area contributed by atoms with Crippen LogP contribution in [0.2, 0.25) is 0 Å². The molecule has 1 aromatic rings. The highest BCUT2D eigenvalue weighted by Crippen LogP contribution is 2.27. The van der Waals surface area contributed by atoms with Crippen LogP contribution in [-0.2, 0) is 14.4 Å². The van der Waals surface area contributed by atoms with E-state index in [1.807, 2.05) is 37.3 Å². The number of carboxylic acids is 1. The van der Waals surface area contributed by atoms with Crippen LogP contribution < -0.4 is 0 Å². The first-order chi connectivity index (χ1) is 11.5. The Labute approximate surface area is 142 Å². The zero-order valence-corrected chi connectivity index (χ0v) is 14.0. The lowest BCUT2D eigenvalue weighted by Crippen LogP contribution is -2.47. The summed E-state index contributed by atoms with van der Waals surface area (Å²) in [6.45, 7) is 2.94. The van der Waals surface area contributed by atoms with Crippen molar-refractivity contribution in [1.82, 2.24) is 9.80 Å². The van der Waals surface area contributed by atoms with Gasteiger partial charge < -0.3 is 14.9 Å². The summed E-state index contributed by atoms with van der Waals surface area (Å²) < 4.78 is 0. The minimum atomic E-state index is -0.938. The van der Waals surface area contributed by atoms with Gasteiger partial charge in [-0.1, -0.05) is 30.3 Å².